The molecule has 0 radical (unpaired) electrons. The Labute approximate surface area is 459 Å². The van der Waals surface area contributed by atoms with Crippen molar-refractivity contribution in [2.24, 2.45) is 11.8 Å². The SMILES string of the molecule is COCCCOc1cc2nccc(Oc3ccc(CC(=O)CC4CCCC4)c(Cl)c3)c2c2c1OCCO2.O=C(Cc1ccc(Oc2ccnc3cc(OCCCN4CCOCC4)c4c(c23)OCCO4)cc1Cl)CC1CCC1. The van der Waals surface area contributed by atoms with Gasteiger partial charge in [-0.1, -0.05) is 80.3 Å². The van der Waals surface area contributed by atoms with Crippen LogP contribution in [0.4, 0.5) is 0 Å². The summed E-state index contributed by atoms with van der Waals surface area (Å²) >= 11 is 13.1. The van der Waals surface area contributed by atoms with Crippen LogP contribution in [0, 0.1) is 11.8 Å². The van der Waals surface area contributed by atoms with Gasteiger partial charge in [0, 0.05) is 100 Å². The highest BCUT2D eigenvalue weighted by Crippen LogP contribution is 2.50. The van der Waals surface area contributed by atoms with E-state index in [0.29, 0.717) is 173 Å². The summed E-state index contributed by atoms with van der Waals surface area (Å²) in [5.41, 5.74) is 3.00. The van der Waals surface area contributed by atoms with Gasteiger partial charge in [-0.05, 0) is 65.8 Å². The van der Waals surface area contributed by atoms with E-state index in [1.54, 1.807) is 43.8 Å². The second-order valence-corrected chi connectivity index (χ2v) is 21.0. The molecule has 2 aliphatic carbocycles. The maximum atomic E-state index is 12.6. The fourth-order valence-electron chi connectivity index (χ4n) is 10.5. The number of hydrogen-bond donors (Lipinski definition) is 0. The molecule has 3 aliphatic heterocycles. The predicted octanol–water partition coefficient (Wildman–Crippen LogP) is 12.4. The Morgan fingerprint density at radius 3 is 1.52 bits per heavy atom. The van der Waals surface area contributed by atoms with Gasteiger partial charge in [-0.25, -0.2) is 0 Å². The Kier molecular flexibility index (Phi) is 18.7. The number of carbonyl (C=O) groups is 2. The van der Waals surface area contributed by atoms with Gasteiger partial charge in [-0.2, -0.15) is 0 Å². The molecule has 2 saturated carbocycles. The Morgan fingerprint density at radius 2 is 1.05 bits per heavy atom. The van der Waals surface area contributed by atoms with Gasteiger partial charge in [-0.3, -0.25) is 24.5 Å². The third-order valence-electron chi connectivity index (χ3n) is 14.6. The molecule has 0 atom stereocenters. The maximum Gasteiger partial charge on any atom is 0.204 e. The lowest BCUT2D eigenvalue weighted by molar-refractivity contribution is -0.120. The van der Waals surface area contributed by atoms with E-state index in [0.717, 1.165) is 82.5 Å². The van der Waals surface area contributed by atoms with Gasteiger partial charge in [-0.15, -0.1) is 0 Å². The Morgan fingerprint density at radius 1 is 0.571 bits per heavy atom. The first-order valence-electron chi connectivity index (χ1n) is 27.2. The fourth-order valence-corrected chi connectivity index (χ4v) is 10.9. The first kappa shape index (κ1) is 54.3. The van der Waals surface area contributed by atoms with Crippen LogP contribution in [0.1, 0.15) is 81.8 Å². The van der Waals surface area contributed by atoms with Crippen molar-refractivity contribution >= 4 is 56.6 Å². The summed E-state index contributed by atoms with van der Waals surface area (Å²) < 4.78 is 59.2. The molecule has 408 valence electrons. The van der Waals surface area contributed by atoms with Crippen molar-refractivity contribution < 1.29 is 57.0 Å². The number of rotatable bonds is 22. The number of hydrogen-bond acceptors (Lipinski definition) is 15. The average Bonchev–Trinajstić information content (AvgIpc) is 3.99. The summed E-state index contributed by atoms with van der Waals surface area (Å²) in [7, 11) is 1.66. The summed E-state index contributed by atoms with van der Waals surface area (Å²) in [6.45, 7) is 7.82. The highest BCUT2D eigenvalue weighted by molar-refractivity contribution is 6.32. The number of nitrogens with zero attached hydrogens (tertiary/aromatic N) is 3. The van der Waals surface area contributed by atoms with Crippen molar-refractivity contribution in [3.63, 3.8) is 0 Å². The largest absolute Gasteiger partial charge is 0.489 e. The minimum absolute atomic E-state index is 0.239. The van der Waals surface area contributed by atoms with Crippen LogP contribution in [0.2, 0.25) is 10.0 Å². The van der Waals surface area contributed by atoms with Crippen LogP contribution in [-0.2, 0) is 31.9 Å². The van der Waals surface area contributed by atoms with Crippen LogP contribution in [0.3, 0.4) is 0 Å². The van der Waals surface area contributed by atoms with Crippen molar-refractivity contribution in [3.05, 3.63) is 94.2 Å². The van der Waals surface area contributed by atoms with Crippen molar-refractivity contribution in [1.82, 2.24) is 14.9 Å². The number of aromatic nitrogens is 2. The fraction of sp³-hybridized carbons (Fsp3) is 0.467. The number of halogens is 2. The van der Waals surface area contributed by atoms with Crippen LogP contribution in [0.15, 0.2) is 73.1 Å². The lowest BCUT2D eigenvalue weighted by Crippen LogP contribution is -2.37. The van der Waals surface area contributed by atoms with E-state index >= 15 is 0 Å². The van der Waals surface area contributed by atoms with Crippen LogP contribution >= 0.6 is 23.2 Å². The molecule has 17 heteroatoms. The average molecular weight is 1090 g/mol. The molecule has 77 heavy (non-hydrogen) atoms. The topological polar surface area (TPSA) is 155 Å². The third kappa shape index (κ3) is 14.0. The number of pyridine rings is 2. The summed E-state index contributed by atoms with van der Waals surface area (Å²) in [6.07, 6.45) is 15.3. The molecule has 5 aliphatic rings. The molecule has 3 fully saturated rings. The van der Waals surface area contributed by atoms with Gasteiger partial charge in [0.1, 0.15) is 61.0 Å². The smallest absolute Gasteiger partial charge is 0.204 e. The highest BCUT2D eigenvalue weighted by Gasteiger charge is 2.28. The van der Waals surface area contributed by atoms with E-state index in [9.17, 15) is 9.59 Å². The molecule has 11 rings (SSSR count). The van der Waals surface area contributed by atoms with E-state index in [1.807, 2.05) is 36.4 Å². The van der Waals surface area contributed by atoms with Gasteiger partial charge in [0.25, 0.3) is 0 Å². The normalized spacial score (nSPS) is 16.4. The zero-order valence-electron chi connectivity index (χ0n) is 43.8. The molecule has 5 heterocycles. The Bertz CT molecular complexity index is 3010. The molecule has 0 bridgehead atoms. The van der Waals surface area contributed by atoms with Crippen molar-refractivity contribution in [1.29, 1.82) is 0 Å². The number of morpholine rings is 1. The third-order valence-corrected chi connectivity index (χ3v) is 15.3. The van der Waals surface area contributed by atoms with Gasteiger partial charge < -0.3 is 47.4 Å². The lowest BCUT2D eigenvalue weighted by Gasteiger charge is -2.26. The summed E-state index contributed by atoms with van der Waals surface area (Å²) in [4.78, 5) is 36.5. The van der Waals surface area contributed by atoms with Crippen LogP contribution in [0.5, 0.6) is 57.5 Å². The molecule has 4 aromatic carbocycles. The number of benzene rings is 4. The minimum Gasteiger partial charge on any atom is -0.489 e. The van der Waals surface area contributed by atoms with Crippen LogP contribution < -0.4 is 37.9 Å². The lowest BCUT2D eigenvalue weighted by atomic mass is 9.81. The number of ketones is 2. The second-order valence-electron chi connectivity index (χ2n) is 20.2. The van der Waals surface area contributed by atoms with Crippen molar-refractivity contribution in [2.45, 2.75) is 83.5 Å². The van der Waals surface area contributed by atoms with Gasteiger partial charge in [0.2, 0.25) is 11.5 Å². The van der Waals surface area contributed by atoms with Crippen molar-refractivity contribution in [2.75, 3.05) is 86.2 Å². The highest BCUT2D eigenvalue weighted by atomic mass is 35.5. The molecule has 0 amide bonds. The number of ether oxygens (including phenoxy) is 10. The monoisotopic (exact) mass is 1090 g/mol. The molecule has 0 N–H and O–H groups in total. The standard InChI is InChI=1S/C31H35ClN2O6.C29H32ClNO6/c32-25-19-24(6-5-22(25)18-23(35)17-21-3-1-4-21)40-27-7-8-33-26-20-28(30-31(29(26)27)39-16-15-38-30)37-12-2-9-34-10-13-36-14-11-34;1-33-11-4-12-34-26-18-24-27(29-28(26)35-13-14-36-29)25(9-10-31-24)37-22-8-7-20(23(30)17-22)16-21(32)15-19-5-2-3-6-19/h5-8,19-21H,1-4,9-18H2;7-10,17-19H,2-6,11-16H2,1H3. The quantitative estimate of drug-likeness (QED) is 0.0592. The summed E-state index contributed by atoms with van der Waals surface area (Å²) in [6, 6.07) is 18.3. The summed E-state index contributed by atoms with van der Waals surface area (Å²) in [5.74, 6) is 7.28. The number of methoxy groups -OCH3 is 1. The molecule has 6 aromatic rings. The number of carbonyl (C=O) groups excluding carboxylic acids is 2. The molecule has 0 spiro atoms. The van der Waals surface area contributed by atoms with Gasteiger partial charge in [0.15, 0.2) is 23.0 Å². The molecule has 2 aromatic heterocycles. The number of fused-ring (bicyclic) bond motifs is 6. The molecular formula is C60H67Cl2N3O12. The number of Topliss-reactive ketones (excluding diaryl/α,β-unsaturated/α-hetero) is 2. The van der Waals surface area contributed by atoms with E-state index in [1.165, 1.54) is 19.3 Å². The first-order valence-corrected chi connectivity index (χ1v) is 27.9. The minimum atomic E-state index is 0.239. The zero-order chi connectivity index (χ0) is 52.9. The van der Waals surface area contributed by atoms with E-state index in [4.69, 9.17) is 70.6 Å². The second kappa shape index (κ2) is 26.5. The van der Waals surface area contributed by atoms with Crippen molar-refractivity contribution in [3.8, 4) is 57.5 Å². The van der Waals surface area contributed by atoms with Crippen LogP contribution in [0.25, 0.3) is 21.8 Å². The van der Waals surface area contributed by atoms with Gasteiger partial charge >= 0.3 is 0 Å². The maximum absolute atomic E-state index is 12.6. The molecular weight excluding hydrogens is 1030 g/mol. The predicted molar refractivity (Wildman–Crippen MR) is 294 cm³/mol. The zero-order valence-corrected chi connectivity index (χ0v) is 45.3. The Hall–Kier alpha value is -6.10. The summed E-state index contributed by atoms with van der Waals surface area (Å²) in [5, 5.41) is 2.46. The first-order chi connectivity index (χ1) is 37.8. The van der Waals surface area contributed by atoms with E-state index in [2.05, 4.69) is 14.9 Å². The molecule has 15 nitrogen and oxygen atoms in total. The molecule has 0 unspecified atom stereocenters. The van der Waals surface area contributed by atoms with E-state index < -0.39 is 0 Å². The van der Waals surface area contributed by atoms with Crippen LogP contribution in [-0.4, -0.2) is 113 Å². The van der Waals surface area contributed by atoms with Gasteiger partial charge in [0.05, 0.1) is 48.2 Å². The van der Waals surface area contributed by atoms with E-state index in [-0.39, 0.29) is 11.6 Å². The molecule has 1 saturated heterocycles. The Balaban J connectivity index is 0.000000175.